The van der Waals surface area contributed by atoms with E-state index in [4.69, 9.17) is 10.3 Å². The molecule has 1 aromatic rings. The summed E-state index contributed by atoms with van der Waals surface area (Å²) in [5.41, 5.74) is 5.50. The Labute approximate surface area is 72.1 Å². The molecule has 1 heterocycles. The molecule has 12 heavy (non-hydrogen) atoms. The lowest BCUT2D eigenvalue weighted by molar-refractivity contribution is 0.349. The molecule has 0 aliphatic carbocycles. The quantitative estimate of drug-likeness (QED) is 0.689. The molecule has 0 saturated heterocycles. The highest BCUT2D eigenvalue weighted by atomic mass is 16.5. The largest absolute Gasteiger partial charge is 0.338 e. The highest BCUT2D eigenvalue weighted by Crippen LogP contribution is 2.19. The Bertz CT molecular complexity index is 260. The zero-order chi connectivity index (χ0) is 9.35. The monoisotopic (exact) mass is 169 g/mol. The zero-order valence-corrected chi connectivity index (χ0v) is 7.96. The van der Waals surface area contributed by atoms with Crippen LogP contribution < -0.4 is 5.73 Å². The van der Waals surface area contributed by atoms with Crippen LogP contribution in [-0.2, 0) is 5.41 Å². The third-order valence-corrected chi connectivity index (χ3v) is 1.50. The van der Waals surface area contributed by atoms with Gasteiger partial charge in [-0.2, -0.15) is 4.98 Å². The molecule has 0 amide bonds. The number of nitrogens with zero attached hydrogens (tertiary/aromatic N) is 2. The summed E-state index contributed by atoms with van der Waals surface area (Å²) in [6, 6.07) is -0.186. The minimum atomic E-state index is -0.186. The smallest absolute Gasteiger partial charge is 0.243 e. The fourth-order valence-electron chi connectivity index (χ4n) is 0.725. The minimum Gasteiger partial charge on any atom is -0.338 e. The van der Waals surface area contributed by atoms with Crippen molar-refractivity contribution in [2.45, 2.75) is 39.2 Å². The van der Waals surface area contributed by atoms with Crippen molar-refractivity contribution in [1.29, 1.82) is 0 Å². The number of rotatable bonds is 1. The molecule has 68 valence electrons. The van der Waals surface area contributed by atoms with E-state index in [0.717, 1.165) is 0 Å². The van der Waals surface area contributed by atoms with E-state index in [1.165, 1.54) is 0 Å². The van der Waals surface area contributed by atoms with Crippen molar-refractivity contribution >= 4 is 0 Å². The van der Waals surface area contributed by atoms with Gasteiger partial charge in [0.15, 0.2) is 5.82 Å². The Kier molecular flexibility index (Phi) is 2.19. The van der Waals surface area contributed by atoms with Crippen LogP contribution in [0.25, 0.3) is 0 Å². The first-order valence-electron chi connectivity index (χ1n) is 4.01. The number of hydrogen-bond acceptors (Lipinski definition) is 4. The van der Waals surface area contributed by atoms with E-state index in [-0.39, 0.29) is 11.5 Å². The van der Waals surface area contributed by atoms with Crippen LogP contribution in [0.15, 0.2) is 4.52 Å². The normalized spacial score (nSPS) is 14.8. The van der Waals surface area contributed by atoms with Crippen LogP contribution in [-0.4, -0.2) is 10.1 Å². The van der Waals surface area contributed by atoms with Gasteiger partial charge in [-0.25, -0.2) is 0 Å². The Morgan fingerprint density at radius 1 is 1.42 bits per heavy atom. The van der Waals surface area contributed by atoms with Crippen LogP contribution in [0.5, 0.6) is 0 Å². The number of aromatic nitrogens is 2. The molecule has 1 aromatic heterocycles. The first-order valence-corrected chi connectivity index (χ1v) is 4.01. The lowest BCUT2D eigenvalue weighted by Crippen LogP contribution is -2.14. The van der Waals surface area contributed by atoms with Crippen molar-refractivity contribution < 1.29 is 4.52 Å². The van der Waals surface area contributed by atoms with Crippen LogP contribution in [0.4, 0.5) is 0 Å². The molecule has 0 fully saturated rings. The molecule has 4 heteroatoms. The summed E-state index contributed by atoms with van der Waals surface area (Å²) in [6.45, 7) is 7.91. The van der Waals surface area contributed by atoms with Gasteiger partial charge in [0.2, 0.25) is 5.89 Å². The standard InChI is InChI=1S/C8H15N3O/c1-5(9)6-10-7(11-12-6)8(2,3)4/h5H,9H2,1-4H3/t5-/m0/s1. The first kappa shape index (κ1) is 9.19. The van der Waals surface area contributed by atoms with Gasteiger partial charge in [-0.1, -0.05) is 25.9 Å². The van der Waals surface area contributed by atoms with E-state index in [2.05, 4.69) is 10.1 Å². The summed E-state index contributed by atoms with van der Waals surface area (Å²) in [4.78, 5) is 4.18. The molecule has 2 N–H and O–H groups in total. The van der Waals surface area contributed by atoms with Gasteiger partial charge in [0.25, 0.3) is 0 Å². The molecule has 0 aliphatic rings. The molecule has 0 aliphatic heterocycles. The van der Waals surface area contributed by atoms with E-state index in [1.54, 1.807) is 0 Å². The number of hydrogen-bond donors (Lipinski definition) is 1. The van der Waals surface area contributed by atoms with E-state index in [0.29, 0.717) is 11.7 Å². The van der Waals surface area contributed by atoms with Gasteiger partial charge in [0, 0.05) is 5.41 Å². The Morgan fingerprint density at radius 2 is 2.00 bits per heavy atom. The molecular weight excluding hydrogens is 154 g/mol. The van der Waals surface area contributed by atoms with Gasteiger partial charge in [0.05, 0.1) is 6.04 Å². The summed E-state index contributed by atoms with van der Waals surface area (Å²) in [6.07, 6.45) is 0. The summed E-state index contributed by atoms with van der Waals surface area (Å²) < 4.78 is 4.97. The summed E-state index contributed by atoms with van der Waals surface area (Å²) >= 11 is 0. The fraction of sp³-hybridized carbons (Fsp3) is 0.750. The SMILES string of the molecule is C[C@H](N)c1nc(C(C)(C)C)no1. The molecule has 4 nitrogen and oxygen atoms in total. The van der Waals surface area contributed by atoms with Gasteiger partial charge >= 0.3 is 0 Å². The maximum atomic E-state index is 5.57. The predicted octanol–water partition coefficient (Wildman–Crippen LogP) is 1.39. The third kappa shape index (κ3) is 1.82. The van der Waals surface area contributed by atoms with Crippen molar-refractivity contribution in [3.05, 3.63) is 11.7 Å². The van der Waals surface area contributed by atoms with Crippen molar-refractivity contribution in [2.75, 3.05) is 0 Å². The Balaban J connectivity index is 2.92. The summed E-state index contributed by atoms with van der Waals surface area (Å²) in [5.74, 6) is 1.20. The molecule has 1 atom stereocenters. The minimum absolute atomic E-state index is 0.0728. The van der Waals surface area contributed by atoms with E-state index in [9.17, 15) is 0 Å². The molecule has 0 unspecified atom stereocenters. The Morgan fingerprint density at radius 3 is 2.25 bits per heavy atom. The van der Waals surface area contributed by atoms with Crippen molar-refractivity contribution in [3.8, 4) is 0 Å². The average Bonchev–Trinajstić information content (AvgIpc) is 2.30. The lowest BCUT2D eigenvalue weighted by Gasteiger charge is -2.10. The van der Waals surface area contributed by atoms with Crippen molar-refractivity contribution in [1.82, 2.24) is 10.1 Å². The second kappa shape index (κ2) is 2.86. The third-order valence-electron chi connectivity index (χ3n) is 1.50. The van der Waals surface area contributed by atoms with Gasteiger partial charge < -0.3 is 10.3 Å². The molecule has 0 saturated carbocycles. The van der Waals surface area contributed by atoms with Crippen molar-refractivity contribution in [2.24, 2.45) is 5.73 Å². The van der Waals surface area contributed by atoms with Crippen LogP contribution in [0.3, 0.4) is 0 Å². The van der Waals surface area contributed by atoms with Gasteiger partial charge in [-0.05, 0) is 6.92 Å². The highest BCUT2D eigenvalue weighted by molar-refractivity contribution is 5.01. The maximum absolute atomic E-state index is 5.57. The summed E-state index contributed by atoms with van der Waals surface area (Å²) in [7, 11) is 0. The second-order valence-electron chi connectivity index (χ2n) is 3.99. The van der Waals surface area contributed by atoms with Crippen LogP contribution in [0.2, 0.25) is 0 Å². The fourth-order valence-corrected chi connectivity index (χ4v) is 0.725. The molecule has 0 aromatic carbocycles. The maximum Gasteiger partial charge on any atom is 0.243 e. The van der Waals surface area contributed by atoms with E-state index < -0.39 is 0 Å². The second-order valence-corrected chi connectivity index (χ2v) is 3.99. The van der Waals surface area contributed by atoms with E-state index in [1.807, 2.05) is 27.7 Å². The number of nitrogens with two attached hydrogens (primary N) is 1. The lowest BCUT2D eigenvalue weighted by atomic mass is 9.96. The average molecular weight is 169 g/mol. The molecular formula is C8H15N3O. The van der Waals surface area contributed by atoms with Gasteiger partial charge in [-0.3, -0.25) is 0 Å². The summed E-state index contributed by atoms with van der Waals surface area (Å²) in [5, 5.41) is 3.84. The molecule has 0 radical (unpaired) electrons. The predicted molar refractivity (Wildman–Crippen MR) is 45.6 cm³/mol. The molecule has 0 spiro atoms. The van der Waals surface area contributed by atoms with Crippen molar-refractivity contribution in [3.63, 3.8) is 0 Å². The van der Waals surface area contributed by atoms with Gasteiger partial charge in [0.1, 0.15) is 0 Å². The van der Waals surface area contributed by atoms with Crippen LogP contribution >= 0.6 is 0 Å². The topological polar surface area (TPSA) is 64.9 Å². The Hall–Kier alpha value is -0.900. The zero-order valence-electron chi connectivity index (χ0n) is 7.96. The van der Waals surface area contributed by atoms with Crippen LogP contribution in [0, 0.1) is 0 Å². The first-order chi connectivity index (χ1) is 5.41. The molecule has 1 rings (SSSR count). The highest BCUT2D eigenvalue weighted by Gasteiger charge is 2.21. The molecule has 0 bridgehead atoms. The van der Waals surface area contributed by atoms with E-state index >= 15 is 0 Å². The van der Waals surface area contributed by atoms with Gasteiger partial charge in [-0.15, -0.1) is 0 Å². The van der Waals surface area contributed by atoms with Crippen LogP contribution in [0.1, 0.15) is 45.5 Å².